The van der Waals surface area contributed by atoms with E-state index in [-0.39, 0.29) is 47.7 Å². The summed E-state index contributed by atoms with van der Waals surface area (Å²) in [5, 5.41) is 5.33. The maximum Gasteiger partial charge on any atom is 0.303 e. The van der Waals surface area contributed by atoms with Crippen molar-refractivity contribution in [2.24, 2.45) is 0 Å². The highest BCUT2D eigenvalue weighted by atomic mass is 127. The summed E-state index contributed by atoms with van der Waals surface area (Å²) in [5.41, 5.74) is 0.636. The van der Waals surface area contributed by atoms with Crippen LogP contribution in [0.4, 0.5) is 5.69 Å². The lowest BCUT2D eigenvalue weighted by atomic mass is 10.1. The molecule has 2 N–H and O–H groups in total. The van der Waals surface area contributed by atoms with Crippen LogP contribution in [0.25, 0.3) is 0 Å². The van der Waals surface area contributed by atoms with Crippen molar-refractivity contribution in [1.82, 2.24) is 5.32 Å². The zero-order valence-corrected chi connectivity index (χ0v) is 29.7. The number of ether oxygens (including phenoxy) is 5. The zero-order chi connectivity index (χ0) is 32.1. The highest BCUT2D eigenvalue weighted by molar-refractivity contribution is 14.1. The van der Waals surface area contributed by atoms with Crippen LogP contribution in [0.2, 0.25) is 0 Å². The van der Waals surface area contributed by atoms with Gasteiger partial charge in [-0.25, -0.2) is 0 Å². The SMILES string of the molecule is CC(=O)OCCC(OC(C)=O)C(=O)Nc1c(I)c(COC(C)=O)c(I)c(C(=O)NC(COC(C)=O)COC(C)=O)c1I. The molecule has 42 heavy (non-hydrogen) atoms. The molecule has 17 heteroatoms. The fraction of sp³-hybridized carbons (Fsp3) is 0.480. The average Bonchev–Trinajstić information content (AvgIpc) is 2.86. The van der Waals surface area contributed by atoms with E-state index in [1.54, 1.807) is 0 Å². The first-order valence-corrected chi connectivity index (χ1v) is 15.3. The minimum atomic E-state index is -1.33. The highest BCUT2D eigenvalue weighted by Gasteiger charge is 2.30. The molecule has 0 aliphatic heterocycles. The first-order valence-electron chi connectivity index (χ1n) is 12.1. The van der Waals surface area contributed by atoms with E-state index in [4.69, 9.17) is 23.7 Å². The van der Waals surface area contributed by atoms with E-state index in [2.05, 4.69) is 10.6 Å². The number of anilines is 1. The number of esters is 5. The fourth-order valence-electron chi connectivity index (χ4n) is 3.11. The number of hydrogen-bond acceptors (Lipinski definition) is 12. The molecular weight excluding hydrogens is 901 g/mol. The summed E-state index contributed by atoms with van der Waals surface area (Å²) >= 11 is 5.69. The number of nitrogens with one attached hydrogen (secondary N) is 2. The Bertz CT molecular complexity index is 1220. The van der Waals surface area contributed by atoms with Gasteiger partial charge in [-0.05, 0) is 67.8 Å². The molecule has 0 spiro atoms. The number of carbonyl (C=O) groups is 7. The first kappa shape index (κ1) is 37.7. The average molecular weight is 930 g/mol. The van der Waals surface area contributed by atoms with E-state index >= 15 is 0 Å². The smallest absolute Gasteiger partial charge is 0.303 e. The molecule has 2 amide bonds. The van der Waals surface area contributed by atoms with Crippen molar-refractivity contribution < 1.29 is 57.2 Å². The van der Waals surface area contributed by atoms with Gasteiger partial charge >= 0.3 is 29.8 Å². The van der Waals surface area contributed by atoms with Crippen LogP contribution >= 0.6 is 67.8 Å². The molecule has 0 aliphatic rings. The molecule has 1 atom stereocenters. The predicted molar refractivity (Wildman–Crippen MR) is 170 cm³/mol. The molecule has 232 valence electrons. The number of halogens is 3. The van der Waals surface area contributed by atoms with E-state index in [1.165, 1.54) is 27.7 Å². The van der Waals surface area contributed by atoms with Crippen LogP contribution in [0.3, 0.4) is 0 Å². The predicted octanol–water partition coefficient (Wildman–Crippen LogP) is 2.61. The standard InChI is InChI=1S/C25H29I3N2O12/c1-11(31)38-7-6-18(42-15(5)35)24(36)30-23-21(27)17(10-41-14(4)34)20(26)19(22(23)28)25(37)29-16(8-39-12(2)32)9-40-13(3)33/h16,18H,6-10H2,1-5H3,(H,29,37)(H,30,36). The summed E-state index contributed by atoms with van der Waals surface area (Å²) in [4.78, 5) is 83.9. The number of rotatable bonds is 14. The summed E-state index contributed by atoms with van der Waals surface area (Å²) in [6.07, 6.45) is -1.47. The number of benzene rings is 1. The molecule has 1 aromatic carbocycles. The van der Waals surface area contributed by atoms with Crippen LogP contribution in [0.15, 0.2) is 0 Å². The minimum absolute atomic E-state index is 0.0775. The van der Waals surface area contributed by atoms with Gasteiger partial charge in [0, 0.05) is 53.7 Å². The molecule has 0 bridgehead atoms. The lowest BCUT2D eigenvalue weighted by Gasteiger charge is -2.23. The van der Waals surface area contributed by atoms with Crippen LogP contribution in [0, 0.1) is 10.7 Å². The first-order chi connectivity index (χ1) is 19.5. The van der Waals surface area contributed by atoms with E-state index in [0.717, 1.165) is 6.92 Å². The monoisotopic (exact) mass is 930 g/mol. The second-order valence-corrected chi connectivity index (χ2v) is 11.7. The molecule has 0 radical (unpaired) electrons. The Morgan fingerprint density at radius 1 is 0.690 bits per heavy atom. The molecule has 0 aromatic heterocycles. The molecule has 0 fully saturated rings. The summed E-state index contributed by atoms with van der Waals surface area (Å²) in [6, 6.07) is -0.916. The van der Waals surface area contributed by atoms with Crippen molar-refractivity contribution in [3.05, 3.63) is 21.8 Å². The van der Waals surface area contributed by atoms with Gasteiger partial charge in [-0.1, -0.05) is 0 Å². The van der Waals surface area contributed by atoms with Gasteiger partial charge in [-0.3, -0.25) is 33.6 Å². The summed E-state index contributed by atoms with van der Waals surface area (Å²) in [7, 11) is 0. The Morgan fingerprint density at radius 3 is 1.69 bits per heavy atom. The molecule has 1 rings (SSSR count). The van der Waals surface area contributed by atoms with Gasteiger partial charge in [0.05, 0.1) is 27.5 Å². The molecule has 0 saturated carbocycles. The van der Waals surface area contributed by atoms with Crippen molar-refractivity contribution in [3.8, 4) is 0 Å². The van der Waals surface area contributed by atoms with E-state index in [1.807, 2.05) is 67.8 Å². The largest absolute Gasteiger partial charge is 0.466 e. The maximum atomic E-state index is 13.6. The Balaban J connectivity index is 3.55. The molecule has 0 saturated heterocycles. The normalized spacial score (nSPS) is 11.2. The van der Waals surface area contributed by atoms with E-state index in [0.29, 0.717) is 12.7 Å². The quantitative estimate of drug-likeness (QED) is 0.158. The molecule has 0 heterocycles. The van der Waals surface area contributed by atoms with Crippen molar-refractivity contribution in [1.29, 1.82) is 0 Å². The minimum Gasteiger partial charge on any atom is -0.466 e. The Kier molecular flexibility index (Phi) is 16.5. The molecule has 1 unspecified atom stereocenters. The molecular formula is C25H29I3N2O12. The van der Waals surface area contributed by atoms with Gasteiger partial charge in [0.15, 0.2) is 6.10 Å². The Hall–Kier alpha value is -2.30. The third-order valence-corrected chi connectivity index (χ3v) is 8.36. The maximum absolute atomic E-state index is 13.6. The summed E-state index contributed by atoms with van der Waals surface area (Å²) in [5.74, 6) is -4.56. The van der Waals surface area contributed by atoms with Crippen LogP contribution < -0.4 is 10.6 Å². The summed E-state index contributed by atoms with van der Waals surface area (Å²) in [6.45, 7) is 4.87. The van der Waals surface area contributed by atoms with Crippen LogP contribution in [-0.2, 0) is 59.1 Å². The number of hydrogen-bond donors (Lipinski definition) is 2. The Labute approximate surface area is 282 Å². The van der Waals surface area contributed by atoms with Gasteiger partial charge in [0.2, 0.25) is 0 Å². The van der Waals surface area contributed by atoms with Gasteiger partial charge in [-0.2, -0.15) is 0 Å². The Morgan fingerprint density at radius 2 is 1.21 bits per heavy atom. The summed E-state index contributed by atoms with van der Waals surface area (Å²) < 4.78 is 26.2. The van der Waals surface area contributed by atoms with E-state index in [9.17, 15) is 33.6 Å². The second-order valence-electron chi connectivity index (χ2n) is 8.44. The van der Waals surface area contributed by atoms with Gasteiger partial charge in [0.1, 0.15) is 19.8 Å². The van der Waals surface area contributed by atoms with Crippen LogP contribution in [0.5, 0.6) is 0 Å². The third-order valence-electron chi connectivity index (χ3n) is 4.90. The second kappa shape index (κ2) is 18.4. The number of amides is 2. The molecule has 14 nitrogen and oxygen atoms in total. The van der Waals surface area contributed by atoms with Crippen molar-refractivity contribution in [3.63, 3.8) is 0 Å². The molecule has 0 aliphatic carbocycles. The van der Waals surface area contributed by atoms with Gasteiger partial charge < -0.3 is 34.3 Å². The number of carbonyl (C=O) groups excluding carboxylic acids is 7. The molecule has 1 aromatic rings. The van der Waals surface area contributed by atoms with Gasteiger partial charge in [-0.15, -0.1) is 0 Å². The third kappa shape index (κ3) is 12.9. The zero-order valence-electron chi connectivity index (χ0n) is 23.2. The lowest BCUT2D eigenvalue weighted by Crippen LogP contribution is -2.43. The lowest BCUT2D eigenvalue weighted by molar-refractivity contribution is -0.154. The van der Waals surface area contributed by atoms with Crippen LogP contribution in [0.1, 0.15) is 57.0 Å². The fourth-order valence-corrected chi connectivity index (χ4v) is 7.34. The van der Waals surface area contributed by atoms with Crippen molar-refractivity contribution in [2.45, 2.75) is 59.8 Å². The van der Waals surface area contributed by atoms with Crippen molar-refractivity contribution >= 4 is 115 Å². The van der Waals surface area contributed by atoms with Crippen LogP contribution in [-0.4, -0.2) is 73.6 Å². The van der Waals surface area contributed by atoms with E-state index < -0.39 is 53.8 Å². The topological polar surface area (TPSA) is 190 Å². The van der Waals surface area contributed by atoms with Gasteiger partial charge in [0.25, 0.3) is 11.8 Å². The highest BCUT2D eigenvalue weighted by Crippen LogP contribution is 2.36. The van der Waals surface area contributed by atoms with Crippen molar-refractivity contribution in [2.75, 3.05) is 25.1 Å².